The smallest absolute Gasteiger partial charge is 0.348 e. The van der Waals surface area contributed by atoms with Gasteiger partial charge in [-0.15, -0.1) is 11.3 Å². The topological polar surface area (TPSA) is 131 Å². The number of benzene rings is 1. The number of thiophene rings is 1. The molecular weight excluding hydrogens is 448 g/mol. The highest BCUT2D eigenvalue weighted by atomic mass is 32.1. The second kappa shape index (κ2) is 10.4. The van der Waals surface area contributed by atoms with E-state index in [9.17, 15) is 19.2 Å². The van der Waals surface area contributed by atoms with E-state index >= 15 is 0 Å². The zero-order chi connectivity index (χ0) is 24.1. The standard InChI is InChI=1S/C22H24N4O6S/c1-5-26(10-15-23-14-9-7-6-8-13(14)19(28)24-15)11-16(27)25-20-17(21(29)31-3)12(2)18(33-20)22(30)32-4/h6-9H,5,10-11H2,1-4H3,(H,25,27)(H,23,24,28). The minimum absolute atomic E-state index is 0.0296. The predicted octanol–water partition coefficient (Wildman–Crippen LogP) is 2.33. The number of ether oxygens (including phenoxy) is 2. The highest BCUT2D eigenvalue weighted by Crippen LogP contribution is 2.34. The monoisotopic (exact) mass is 472 g/mol. The van der Waals surface area contributed by atoms with E-state index in [1.165, 1.54) is 14.2 Å². The summed E-state index contributed by atoms with van der Waals surface area (Å²) in [4.78, 5) is 58.5. The summed E-state index contributed by atoms with van der Waals surface area (Å²) in [7, 11) is 2.46. The molecule has 2 heterocycles. The van der Waals surface area contributed by atoms with Crippen LogP contribution >= 0.6 is 11.3 Å². The van der Waals surface area contributed by atoms with Crippen molar-refractivity contribution in [3.05, 3.63) is 56.4 Å². The second-order valence-corrected chi connectivity index (χ2v) is 8.15. The first-order chi connectivity index (χ1) is 15.8. The lowest BCUT2D eigenvalue weighted by atomic mass is 10.1. The maximum atomic E-state index is 12.8. The highest BCUT2D eigenvalue weighted by Gasteiger charge is 2.27. The first kappa shape index (κ1) is 24.1. The molecule has 0 aliphatic rings. The number of amides is 1. The molecule has 0 saturated carbocycles. The number of H-pyrrole nitrogens is 1. The number of anilines is 1. The summed E-state index contributed by atoms with van der Waals surface area (Å²) >= 11 is 0.947. The van der Waals surface area contributed by atoms with E-state index < -0.39 is 17.8 Å². The number of carbonyl (C=O) groups is 3. The number of esters is 2. The van der Waals surface area contributed by atoms with Gasteiger partial charge in [-0.3, -0.25) is 14.5 Å². The zero-order valence-corrected chi connectivity index (χ0v) is 19.5. The molecule has 0 bridgehead atoms. The lowest BCUT2D eigenvalue weighted by Crippen LogP contribution is -2.34. The molecule has 0 fully saturated rings. The number of methoxy groups -OCH3 is 2. The van der Waals surface area contributed by atoms with Crippen LogP contribution in [0, 0.1) is 6.92 Å². The summed E-state index contributed by atoms with van der Waals surface area (Å²) in [5.74, 6) is -1.24. The van der Waals surface area contributed by atoms with Gasteiger partial charge < -0.3 is 19.8 Å². The minimum Gasteiger partial charge on any atom is -0.465 e. The quantitative estimate of drug-likeness (QED) is 0.478. The van der Waals surface area contributed by atoms with E-state index in [2.05, 4.69) is 15.3 Å². The maximum Gasteiger partial charge on any atom is 0.348 e. The van der Waals surface area contributed by atoms with Crippen LogP contribution in [0.4, 0.5) is 5.00 Å². The van der Waals surface area contributed by atoms with E-state index in [0.29, 0.717) is 28.8 Å². The van der Waals surface area contributed by atoms with E-state index in [-0.39, 0.29) is 34.1 Å². The number of fused-ring (bicyclic) bond motifs is 1. The summed E-state index contributed by atoms with van der Waals surface area (Å²) in [5.41, 5.74) is 0.811. The van der Waals surface area contributed by atoms with Gasteiger partial charge in [0, 0.05) is 0 Å². The van der Waals surface area contributed by atoms with Gasteiger partial charge in [0.05, 0.1) is 43.8 Å². The molecule has 11 heteroatoms. The maximum absolute atomic E-state index is 12.8. The molecule has 0 saturated heterocycles. The molecular formula is C22H24N4O6S. The largest absolute Gasteiger partial charge is 0.465 e. The van der Waals surface area contributed by atoms with Gasteiger partial charge in [-0.2, -0.15) is 0 Å². The van der Waals surface area contributed by atoms with Crippen LogP contribution in [0.3, 0.4) is 0 Å². The van der Waals surface area contributed by atoms with Crippen molar-refractivity contribution in [1.29, 1.82) is 0 Å². The van der Waals surface area contributed by atoms with E-state index in [1.54, 1.807) is 36.1 Å². The molecule has 33 heavy (non-hydrogen) atoms. The van der Waals surface area contributed by atoms with Crippen molar-refractivity contribution in [3.63, 3.8) is 0 Å². The van der Waals surface area contributed by atoms with Crippen LogP contribution in [0.25, 0.3) is 10.9 Å². The molecule has 174 valence electrons. The number of nitrogens with one attached hydrogen (secondary N) is 2. The Hall–Kier alpha value is -3.57. The number of aromatic nitrogens is 2. The fourth-order valence-corrected chi connectivity index (χ4v) is 4.44. The van der Waals surface area contributed by atoms with Crippen molar-refractivity contribution >= 4 is 45.1 Å². The summed E-state index contributed by atoms with van der Waals surface area (Å²) < 4.78 is 9.56. The van der Waals surface area contributed by atoms with Crippen molar-refractivity contribution in [3.8, 4) is 0 Å². The molecule has 0 radical (unpaired) electrons. The average Bonchev–Trinajstić information content (AvgIpc) is 3.12. The summed E-state index contributed by atoms with van der Waals surface area (Å²) in [6.45, 7) is 4.18. The molecule has 3 aromatic rings. The van der Waals surface area contributed by atoms with Gasteiger partial charge in [-0.05, 0) is 31.2 Å². The molecule has 1 amide bonds. The van der Waals surface area contributed by atoms with Gasteiger partial charge in [0.1, 0.15) is 15.7 Å². The minimum atomic E-state index is -0.667. The Morgan fingerprint density at radius 2 is 1.85 bits per heavy atom. The number of hydrogen-bond donors (Lipinski definition) is 2. The van der Waals surface area contributed by atoms with Crippen molar-refractivity contribution < 1.29 is 23.9 Å². The molecule has 0 aliphatic carbocycles. The summed E-state index contributed by atoms with van der Waals surface area (Å²) in [5, 5.41) is 3.39. The van der Waals surface area contributed by atoms with Crippen LogP contribution < -0.4 is 10.9 Å². The van der Waals surface area contributed by atoms with Crippen molar-refractivity contribution in [2.24, 2.45) is 0 Å². The fourth-order valence-electron chi connectivity index (χ4n) is 3.31. The van der Waals surface area contributed by atoms with E-state index in [4.69, 9.17) is 9.47 Å². The molecule has 3 rings (SSSR count). The summed E-state index contributed by atoms with van der Waals surface area (Å²) in [6, 6.07) is 7.01. The van der Waals surface area contributed by atoms with Gasteiger partial charge in [0.15, 0.2) is 0 Å². The molecule has 0 spiro atoms. The van der Waals surface area contributed by atoms with Crippen LogP contribution in [0.15, 0.2) is 29.1 Å². The number of hydrogen-bond acceptors (Lipinski definition) is 9. The Kier molecular flexibility index (Phi) is 7.56. The lowest BCUT2D eigenvalue weighted by Gasteiger charge is -2.19. The lowest BCUT2D eigenvalue weighted by molar-refractivity contribution is -0.117. The summed E-state index contributed by atoms with van der Waals surface area (Å²) in [6.07, 6.45) is 0. The Morgan fingerprint density at radius 1 is 1.15 bits per heavy atom. The number of para-hydroxylation sites is 1. The Morgan fingerprint density at radius 3 is 2.52 bits per heavy atom. The fraction of sp³-hybridized carbons (Fsp3) is 0.318. The number of nitrogens with zero attached hydrogens (tertiary/aromatic N) is 2. The number of aromatic amines is 1. The number of carbonyl (C=O) groups excluding carboxylic acids is 3. The van der Waals surface area contributed by atoms with Crippen LogP contribution in [0.1, 0.15) is 38.3 Å². The van der Waals surface area contributed by atoms with Crippen LogP contribution in [0.2, 0.25) is 0 Å². The van der Waals surface area contributed by atoms with Crippen LogP contribution in [-0.2, 0) is 20.8 Å². The molecule has 0 atom stereocenters. The van der Waals surface area contributed by atoms with Gasteiger partial charge in [0.25, 0.3) is 5.56 Å². The van der Waals surface area contributed by atoms with Crippen LogP contribution in [0.5, 0.6) is 0 Å². The van der Waals surface area contributed by atoms with E-state index in [1.807, 2.05) is 6.92 Å². The first-order valence-corrected chi connectivity index (χ1v) is 10.9. The van der Waals surface area contributed by atoms with E-state index in [0.717, 1.165) is 11.3 Å². The van der Waals surface area contributed by atoms with Crippen molar-refractivity contribution in [2.45, 2.75) is 20.4 Å². The Labute approximate surface area is 193 Å². The first-order valence-electron chi connectivity index (χ1n) is 10.1. The van der Waals surface area contributed by atoms with Crippen molar-refractivity contribution in [2.75, 3.05) is 32.6 Å². The molecule has 0 aliphatic heterocycles. The third-order valence-electron chi connectivity index (χ3n) is 5.01. The second-order valence-electron chi connectivity index (χ2n) is 7.12. The molecule has 10 nitrogen and oxygen atoms in total. The molecule has 1 aromatic carbocycles. The molecule has 2 aromatic heterocycles. The SMILES string of the molecule is CCN(CC(=O)Nc1sc(C(=O)OC)c(C)c1C(=O)OC)Cc1nc2ccccc2c(=O)[nH]1. The van der Waals surface area contributed by atoms with Crippen molar-refractivity contribution in [1.82, 2.24) is 14.9 Å². The average molecular weight is 473 g/mol. The number of rotatable bonds is 8. The highest BCUT2D eigenvalue weighted by molar-refractivity contribution is 7.18. The Bertz CT molecular complexity index is 1270. The van der Waals surface area contributed by atoms with Gasteiger partial charge >= 0.3 is 11.9 Å². The zero-order valence-electron chi connectivity index (χ0n) is 18.7. The van der Waals surface area contributed by atoms with Gasteiger partial charge in [-0.1, -0.05) is 19.1 Å². The normalized spacial score (nSPS) is 10.9. The van der Waals surface area contributed by atoms with Gasteiger partial charge in [-0.25, -0.2) is 14.6 Å². The number of likely N-dealkylation sites (N-methyl/N-ethyl adjacent to an activating group) is 1. The molecule has 0 unspecified atom stereocenters. The Balaban J connectivity index is 1.79. The predicted molar refractivity (Wildman–Crippen MR) is 124 cm³/mol. The third kappa shape index (κ3) is 5.26. The molecule has 2 N–H and O–H groups in total. The van der Waals surface area contributed by atoms with Crippen LogP contribution in [-0.4, -0.2) is 60.0 Å². The van der Waals surface area contributed by atoms with Gasteiger partial charge in [0.2, 0.25) is 5.91 Å². The third-order valence-corrected chi connectivity index (χ3v) is 6.20.